The fourth-order valence-electron chi connectivity index (χ4n) is 2.00. The SMILES string of the molecule is C=CC(=O)OC1(C2(OC(=O)C=C)CC2)CC1. The van der Waals surface area contributed by atoms with Crippen LogP contribution in [0.3, 0.4) is 0 Å². The first-order valence-electron chi connectivity index (χ1n) is 5.28. The number of rotatable bonds is 5. The van der Waals surface area contributed by atoms with Gasteiger partial charge in [-0.05, 0) is 25.7 Å². The second-order valence-corrected chi connectivity index (χ2v) is 4.24. The van der Waals surface area contributed by atoms with Gasteiger partial charge in [0, 0.05) is 12.2 Å². The fourth-order valence-corrected chi connectivity index (χ4v) is 2.00. The lowest BCUT2D eigenvalue weighted by Crippen LogP contribution is -2.38. The fraction of sp³-hybridized carbons (Fsp3) is 0.500. The van der Waals surface area contributed by atoms with Crippen molar-refractivity contribution in [2.45, 2.75) is 36.9 Å². The molecule has 0 aromatic rings. The summed E-state index contributed by atoms with van der Waals surface area (Å²) < 4.78 is 10.6. The Morgan fingerprint density at radius 2 is 1.19 bits per heavy atom. The maximum absolute atomic E-state index is 11.2. The molecule has 2 fully saturated rings. The third-order valence-corrected chi connectivity index (χ3v) is 3.16. The van der Waals surface area contributed by atoms with Crippen molar-refractivity contribution in [3.8, 4) is 0 Å². The van der Waals surface area contributed by atoms with E-state index in [0.29, 0.717) is 0 Å². The predicted molar refractivity (Wildman–Crippen MR) is 56.5 cm³/mol. The van der Waals surface area contributed by atoms with Crippen LogP contribution in [0.5, 0.6) is 0 Å². The van der Waals surface area contributed by atoms with Crippen LogP contribution in [0.25, 0.3) is 0 Å². The van der Waals surface area contributed by atoms with Gasteiger partial charge in [-0.15, -0.1) is 0 Å². The lowest BCUT2D eigenvalue weighted by Gasteiger charge is -2.25. The second kappa shape index (κ2) is 3.47. The molecule has 0 amide bonds. The first-order chi connectivity index (χ1) is 7.57. The van der Waals surface area contributed by atoms with E-state index in [9.17, 15) is 9.59 Å². The minimum atomic E-state index is -0.600. The molecular formula is C12H14O4. The largest absolute Gasteiger partial charge is 0.452 e. The molecule has 0 N–H and O–H groups in total. The quantitative estimate of drug-likeness (QED) is 0.522. The Kier molecular flexibility index (Phi) is 2.37. The van der Waals surface area contributed by atoms with Crippen LogP contribution in [0, 0.1) is 0 Å². The predicted octanol–water partition coefficient (Wildman–Crippen LogP) is 1.51. The summed E-state index contributed by atoms with van der Waals surface area (Å²) >= 11 is 0. The van der Waals surface area contributed by atoms with E-state index in [2.05, 4.69) is 13.2 Å². The molecular weight excluding hydrogens is 208 g/mol. The molecule has 0 spiro atoms. The average Bonchev–Trinajstić information content (AvgIpc) is 3.14. The van der Waals surface area contributed by atoms with Gasteiger partial charge in [0.25, 0.3) is 0 Å². The van der Waals surface area contributed by atoms with Crippen molar-refractivity contribution in [2.24, 2.45) is 0 Å². The molecule has 0 radical (unpaired) electrons. The van der Waals surface area contributed by atoms with Crippen LogP contribution >= 0.6 is 0 Å². The lowest BCUT2D eigenvalue weighted by molar-refractivity contribution is -0.169. The zero-order chi connectivity index (χ0) is 11.8. The Balaban J connectivity index is 2.06. The van der Waals surface area contributed by atoms with Gasteiger partial charge in [-0.25, -0.2) is 9.59 Å². The summed E-state index contributed by atoms with van der Waals surface area (Å²) in [5.41, 5.74) is -1.20. The van der Waals surface area contributed by atoms with E-state index in [4.69, 9.17) is 9.47 Å². The van der Waals surface area contributed by atoms with Crippen LogP contribution in [-0.4, -0.2) is 23.1 Å². The number of esters is 2. The first kappa shape index (κ1) is 10.9. The average molecular weight is 222 g/mol. The molecule has 2 aliphatic carbocycles. The van der Waals surface area contributed by atoms with Crippen LogP contribution in [0.15, 0.2) is 25.3 Å². The molecule has 0 bridgehead atoms. The Bertz CT molecular complexity index is 325. The molecule has 0 heterocycles. The first-order valence-corrected chi connectivity index (χ1v) is 5.28. The van der Waals surface area contributed by atoms with Gasteiger partial charge >= 0.3 is 11.9 Å². The van der Waals surface area contributed by atoms with E-state index >= 15 is 0 Å². The highest BCUT2D eigenvalue weighted by molar-refractivity contribution is 5.83. The Labute approximate surface area is 93.9 Å². The summed E-state index contributed by atoms with van der Waals surface area (Å²) in [5.74, 6) is -0.920. The van der Waals surface area contributed by atoms with Crippen molar-refractivity contribution in [1.29, 1.82) is 0 Å². The second-order valence-electron chi connectivity index (χ2n) is 4.24. The van der Waals surface area contributed by atoms with E-state index in [-0.39, 0.29) is 0 Å². The topological polar surface area (TPSA) is 52.6 Å². The molecule has 86 valence electrons. The number of hydrogen-bond acceptors (Lipinski definition) is 4. The number of hydrogen-bond donors (Lipinski definition) is 0. The summed E-state index contributed by atoms with van der Waals surface area (Å²) in [4.78, 5) is 22.4. The van der Waals surface area contributed by atoms with Gasteiger partial charge in [0.1, 0.15) is 0 Å². The zero-order valence-corrected chi connectivity index (χ0v) is 9.03. The van der Waals surface area contributed by atoms with E-state index in [1.54, 1.807) is 0 Å². The van der Waals surface area contributed by atoms with Crippen LogP contribution in [0.2, 0.25) is 0 Å². The molecule has 4 nitrogen and oxygen atoms in total. The third kappa shape index (κ3) is 1.64. The summed E-state index contributed by atoms with van der Waals surface area (Å²) in [5, 5.41) is 0. The number of carbonyl (C=O) groups is 2. The maximum atomic E-state index is 11.2. The normalized spacial score (nSPS) is 22.8. The Hall–Kier alpha value is -1.58. The van der Waals surface area contributed by atoms with Gasteiger partial charge in [0.15, 0.2) is 11.2 Å². The summed E-state index contributed by atoms with van der Waals surface area (Å²) in [6, 6.07) is 0. The van der Waals surface area contributed by atoms with Crippen molar-refractivity contribution in [1.82, 2.24) is 0 Å². The Morgan fingerprint density at radius 3 is 1.38 bits per heavy atom. The van der Waals surface area contributed by atoms with Gasteiger partial charge in [0.2, 0.25) is 0 Å². The van der Waals surface area contributed by atoms with Crippen LogP contribution in [0.4, 0.5) is 0 Å². The summed E-state index contributed by atoms with van der Waals surface area (Å²) in [6.45, 7) is 6.71. The highest BCUT2D eigenvalue weighted by Crippen LogP contribution is 2.61. The molecule has 0 aromatic heterocycles. The van der Waals surface area contributed by atoms with Crippen molar-refractivity contribution in [3.63, 3.8) is 0 Å². The molecule has 2 aliphatic rings. The molecule has 0 atom stereocenters. The summed E-state index contributed by atoms with van der Waals surface area (Å²) in [7, 11) is 0. The smallest absolute Gasteiger partial charge is 0.330 e. The minimum Gasteiger partial charge on any atom is -0.452 e. The van der Waals surface area contributed by atoms with E-state index in [1.165, 1.54) is 0 Å². The van der Waals surface area contributed by atoms with Crippen LogP contribution in [0.1, 0.15) is 25.7 Å². The highest BCUT2D eigenvalue weighted by Gasteiger charge is 2.71. The molecule has 0 aromatic carbocycles. The van der Waals surface area contributed by atoms with Crippen LogP contribution < -0.4 is 0 Å². The molecule has 0 saturated heterocycles. The number of ether oxygens (including phenoxy) is 2. The van der Waals surface area contributed by atoms with E-state index in [1.807, 2.05) is 0 Å². The van der Waals surface area contributed by atoms with Crippen molar-refractivity contribution in [2.75, 3.05) is 0 Å². The van der Waals surface area contributed by atoms with Crippen molar-refractivity contribution in [3.05, 3.63) is 25.3 Å². The molecule has 0 aliphatic heterocycles. The van der Waals surface area contributed by atoms with E-state index < -0.39 is 23.1 Å². The molecule has 0 unspecified atom stereocenters. The van der Waals surface area contributed by atoms with Crippen molar-refractivity contribution >= 4 is 11.9 Å². The van der Waals surface area contributed by atoms with Crippen LogP contribution in [-0.2, 0) is 19.1 Å². The van der Waals surface area contributed by atoms with Crippen molar-refractivity contribution < 1.29 is 19.1 Å². The highest BCUT2D eigenvalue weighted by atomic mass is 16.6. The zero-order valence-electron chi connectivity index (χ0n) is 9.03. The van der Waals surface area contributed by atoms with Gasteiger partial charge in [0.05, 0.1) is 0 Å². The summed E-state index contributed by atoms with van der Waals surface area (Å²) in [6.07, 6.45) is 5.25. The maximum Gasteiger partial charge on any atom is 0.330 e. The lowest BCUT2D eigenvalue weighted by atomic mass is 10.1. The third-order valence-electron chi connectivity index (χ3n) is 3.16. The Morgan fingerprint density at radius 1 is 0.875 bits per heavy atom. The van der Waals surface area contributed by atoms with E-state index in [0.717, 1.165) is 37.8 Å². The molecule has 2 saturated carbocycles. The van der Waals surface area contributed by atoms with Gasteiger partial charge in [-0.3, -0.25) is 0 Å². The van der Waals surface area contributed by atoms with Gasteiger partial charge in [-0.2, -0.15) is 0 Å². The minimum absolute atomic E-state index is 0.460. The standard InChI is InChI=1S/C12H14O4/c1-3-9(13)15-11(5-6-11)12(7-8-12)16-10(14)4-2/h3-4H,1-2,5-8H2. The number of carbonyl (C=O) groups excluding carboxylic acids is 2. The van der Waals surface area contributed by atoms with Gasteiger partial charge < -0.3 is 9.47 Å². The molecule has 2 rings (SSSR count). The van der Waals surface area contributed by atoms with Gasteiger partial charge in [-0.1, -0.05) is 13.2 Å². The monoisotopic (exact) mass is 222 g/mol. The molecule has 16 heavy (non-hydrogen) atoms. The molecule has 4 heteroatoms.